The van der Waals surface area contributed by atoms with Crippen molar-refractivity contribution in [3.05, 3.63) is 78.3 Å². The number of halogens is 1. The van der Waals surface area contributed by atoms with E-state index in [4.69, 9.17) is 9.15 Å². The first kappa shape index (κ1) is 19.4. The monoisotopic (exact) mass is 381 g/mol. The number of hydrogen-bond acceptors (Lipinski definition) is 4. The van der Waals surface area contributed by atoms with Crippen LogP contribution in [0.1, 0.15) is 12.2 Å². The molecule has 0 aliphatic heterocycles. The molecule has 3 rings (SSSR count). The third-order valence-corrected chi connectivity index (χ3v) is 4.25. The van der Waals surface area contributed by atoms with E-state index in [1.807, 2.05) is 18.2 Å². The fourth-order valence-electron chi connectivity index (χ4n) is 2.65. The third-order valence-electron chi connectivity index (χ3n) is 4.25. The van der Waals surface area contributed by atoms with Crippen LogP contribution in [0.4, 0.5) is 10.1 Å². The first-order chi connectivity index (χ1) is 13.5. The summed E-state index contributed by atoms with van der Waals surface area (Å²) in [6, 6.07) is 18.8. The van der Waals surface area contributed by atoms with E-state index in [9.17, 15) is 14.0 Å². The molecule has 144 valence electrons. The predicted octanol–water partition coefficient (Wildman–Crippen LogP) is 4.22. The normalized spacial score (nSPS) is 10.5. The molecular weight excluding hydrogens is 361 g/mol. The van der Waals surface area contributed by atoms with Crippen molar-refractivity contribution in [3.63, 3.8) is 0 Å². The lowest BCUT2D eigenvalue weighted by molar-refractivity contribution is -0.147. The molecule has 28 heavy (non-hydrogen) atoms. The second-order valence-corrected chi connectivity index (χ2v) is 6.19. The van der Waals surface area contributed by atoms with Gasteiger partial charge in [-0.1, -0.05) is 30.3 Å². The number of carbonyl (C=O) groups excluding carboxylic acids is 2. The van der Waals surface area contributed by atoms with Crippen molar-refractivity contribution in [2.45, 2.75) is 12.8 Å². The van der Waals surface area contributed by atoms with Gasteiger partial charge in [-0.25, -0.2) is 4.39 Å². The zero-order valence-electron chi connectivity index (χ0n) is 15.4. The van der Waals surface area contributed by atoms with Gasteiger partial charge < -0.3 is 14.1 Å². The molecule has 1 amide bonds. The number of nitrogens with zero attached hydrogens (tertiary/aromatic N) is 1. The average molecular weight is 381 g/mol. The number of para-hydroxylation sites is 1. The molecular formula is C22H20FNO4. The molecule has 0 bridgehead atoms. The van der Waals surface area contributed by atoms with Gasteiger partial charge in [0.1, 0.15) is 17.3 Å². The Morgan fingerprint density at radius 1 is 1.00 bits per heavy atom. The molecule has 0 spiro atoms. The van der Waals surface area contributed by atoms with Crippen molar-refractivity contribution in [2.24, 2.45) is 0 Å². The van der Waals surface area contributed by atoms with Gasteiger partial charge in [0.15, 0.2) is 6.61 Å². The van der Waals surface area contributed by atoms with Gasteiger partial charge in [0.25, 0.3) is 5.91 Å². The van der Waals surface area contributed by atoms with E-state index in [1.54, 1.807) is 49.5 Å². The molecule has 1 aromatic heterocycles. The van der Waals surface area contributed by atoms with Gasteiger partial charge in [-0.05, 0) is 36.4 Å². The van der Waals surface area contributed by atoms with Crippen LogP contribution >= 0.6 is 0 Å². The Balaban J connectivity index is 1.47. The van der Waals surface area contributed by atoms with Crippen molar-refractivity contribution < 1.29 is 23.1 Å². The van der Waals surface area contributed by atoms with Gasteiger partial charge >= 0.3 is 5.97 Å². The maximum atomic E-state index is 13.8. The second-order valence-electron chi connectivity index (χ2n) is 6.19. The van der Waals surface area contributed by atoms with Crippen LogP contribution in [0.5, 0.6) is 0 Å². The minimum absolute atomic E-state index is 0.0621. The number of furan rings is 1. The molecule has 2 aromatic carbocycles. The molecule has 0 fully saturated rings. The van der Waals surface area contributed by atoms with E-state index in [0.717, 1.165) is 5.69 Å². The number of rotatable bonds is 7. The molecule has 0 unspecified atom stereocenters. The van der Waals surface area contributed by atoms with E-state index in [-0.39, 0.29) is 24.8 Å². The van der Waals surface area contributed by atoms with Crippen LogP contribution < -0.4 is 4.90 Å². The predicted molar refractivity (Wildman–Crippen MR) is 103 cm³/mol. The van der Waals surface area contributed by atoms with E-state index in [2.05, 4.69) is 0 Å². The molecule has 0 aliphatic carbocycles. The van der Waals surface area contributed by atoms with Crippen molar-refractivity contribution >= 4 is 17.6 Å². The lowest BCUT2D eigenvalue weighted by Crippen LogP contribution is -2.31. The average Bonchev–Trinajstić information content (AvgIpc) is 3.19. The Morgan fingerprint density at radius 2 is 1.71 bits per heavy atom. The van der Waals surface area contributed by atoms with Gasteiger partial charge in [0.05, 0.1) is 12.0 Å². The summed E-state index contributed by atoms with van der Waals surface area (Å²) in [5, 5.41) is 0. The molecule has 3 aromatic rings. The van der Waals surface area contributed by atoms with Crippen LogP contribution in [0.3, 0.4) is 0 Å². The summed E-state index contributed by atoms with van der Waals surface area (Å²) >= 11 is 0. The lowest BCUT2D eigenvalue weighted by Gasteiger charge is -2.17. The van der Waals surface area contributed by atoms with E-state index in [0.29, 0.717) is 23.5 Å². The summed E-state index contributed by atoms with van der Waals surface area (Å²) in [5.74, 6) is -0.244. The van der Waals surface area contributed by atoms with Crippen LogP contribution in [-0.2, 0) is 20.7 Å². The van der Waals surface area contributed by atoms with Crippen LogP contribution in [0.15, 0.2) is 71.1 Å². The molecule has 0 saturated carbocycles. The Hall–Kier alpha value is -3.41. The number of anilines is 1. The van der Waals surface area contributed by atoms with Crippen LogP contribution in [-0.4, -0.2) is 25.5 Å². The SMILES string of the molecule is CN(C(=O)COC(=O)CCc1ccc(-c2ccccc2F)o1)c1ccccc1. The molecule has 0 atom stereocenters. The van der Waals surface area contributed by atoms with Crippen molar-refractivity contribution in [3.8, 4) is 11.3 Å². The first-order valence-corrected chi connectivity index (χ1v) is 8.85. The Labute approximate surface area is 162 Å². The van der Waals surface area contributed by atoms with Crippen LogP contribution in [0.25, 0.3) is 11.3 Å². The quantitative estimate of drug-likeness (QED) is 0.575. The minimum atomic E-state index is -0.501. The summed E-state index contributed by atoms with van der Waals surface area (Å²) in [6.45, 7) is -0.330. The number of likely N-dealkylation sites (N-methyl/N-ethyl adjacent to an activating group) is 1. The number of esters is 1. The summed E-state index contributed by atoms with van der Waals surface area (Å²) in [5.41, 5.74) is 1.09. The molecule has 0 radical (unpaired) electrons. The van der Waals surface area contributed by atoms with Gasteiger partial charge in [-0.2, -0.15) is 0 Å². The Bertz CT molecular complexity index is 952. The number of carbonyl (C=O) groups is 2. The number of aryl methyl sites for hydroxylation is 1. The molecule has 0 N–H and O–H groups in total. The zero-order chi connectivity index (χ0) is 19.9. The third kappa shape index (κ3) is 4.85. The van der Waals surface area contributed by atoms with Crippen molar-refractivity contribution in [1.82, 2.24) is 0 Å². The van der Waals surface area contributed by atoms with Crippen LogP contribution in [0, 0.1) is 5.82 Å². The number of benzene rings is 2. The molecule has 0 saturated heterocycles. The van der Waals surface area contributed by atoms with Gasteiger partial charge in [0, 0.05) is 19.2 Å². The van der Waals surface area contributed by atoms with Gasteiger partial charge in [-0.3, -0.25) is 9.59 Å². The maximum absolute atomic E-state index is 13.8. The molecule has 5 nitrogen and oxygen atoms in total. The summed E-state index contributed by atoms with van der Waals surface area (Å²) in [7, 11) is 1.62. The molecule has 0 aliphatic rings. The molecule has 1 heterocycles. The van der Waals surface area contributed by atoms with E-state index < -0.39 is 5.97 Å². The maximum Gasteiger partial charge on any atom is 0.306 e. The Morgan fingerprint density at radius 3 is 2.46 bits per heavy atom. The Kier molecular flexibility index (Phi) is 6.22. The highest BCUT2D eigenvalue weighted by Gasteiger charge is 2.15. The highest BCUT2D eigenvalue weighted by molar-refractivity contribution is 5.94. The van der Waals surface area contributed by atoms with E-state index >= 15 is 0 Å². The largest absolute Gasteiger partial charge is 0.461 e. The number of ether oxygens (including phenoxy) is 1. The summed E-state index contributed by atoms with van der Waals surface area (Å²) in [4.78, 5) is 25.5. The number of hydrogen-bond donors (Lipinski definition) is 0. The van der Waals surface area contributed by atoms with Gasteiger partial charge in [0.2, 0.25) is 0 Å². The van der Waals surface area contributed by atoms with E-state index in [1.165, 1.54) is 11.0 Å². The summed E-state index contributed by atoms with van der Waals surface area (Å²) < 4.78 is 24.4. The molecule has 6 heteroatoms. The lowest BCUT2D eigenvalue weighted by atomic mass is 10.1. The van der Waals surface area contributed by atoms with Gasteiger partial charge in [-0.15, -0.1) is 0 Å². The topological polar surface area (TPSA) is 59.8 Å². The first-order valence-electron chi connectivity index (χ1n) is 8.85. The highest BCUT2D eigenvalue weighted by atomic mass is 19.1. The number of amides is 1. The second kappa shape index (κ2) is 8.99. The standard InChI is InChI=1S/C22H20FNO4/c1-24(16-7-3-2-4-8-16)21(25)15-27-22(26)14-12-17-11-13-20(28-17)18-9-5-6-10-19(18)23/h2-11,13H,12,14-15H2,1H3. The van der Waals surface area contributed by atoms with Crippen molar-refractivity contribution in [1.29, 1.82) is 0 Å². The zero-order valence-corrected chi connectivity index (χ0v) is 15.4. The van der Waals surface area contributed by atoms with Crippen LogP contribution in [0.2, 0.25) is 0 Å². The minimum Gasteiger partial charge on any atom is -0.461 e. The van der Waals surface area contributed by atoms with Crippen molar-refractivity contribution in [2.75, 3.05) is 18.6 Å². The summed E-state index contributed by atoms with van der Waals surface area (Å²) in [6.07, 6.45) is 0.364. The smallest absolute Gasteiger partial charge is 0.306 e. The fraction of sp³-hybridized carbons (Fsp3) is 0.182. The highest BCUT2D eigenvalue weighted by Crippen LogP contribution is 2.25. The fourth-order valence-corrected chi connectivity index (χ4v) is 2.65.